The van der Waals surface area contributed by atoms with Crippen LogP contribution >= 0.6 is 0 Å². The van der Waals surface area contributed by atoms with E-state index in [1.54, 1.807) is 33.8 Å². The van der Waals surface area contributed by atoms with Crippen LogP contribution in [0.15, 0.2) is 18.3 Å². The number of carbonyl (C=O) groups excluding carboxylic acids is 4. The number of amides is 4. The molecular weight excluding hydrogens is 556 g/mol. The van der Waals surface area contributed by atoms with Crippen LogP contribution in [-0.2, 0) is 25.7 Å². The Bertz CT molecular complexity index is 1160. The number of pyridine rings is 1. The Morgan fingerprint density at radius 1 is 0.659 bits per heavy atom. The van der Waals surface area contributed by atoms with Gasteiger partial charge in [0.1, 0.15) is 22.2 Å². The third-order valence-electron chi connectivity index (χ3n) is 8.70. The molecule has 0 saturated heterocycles. The molecule has 10 nitrogen and oxygen atoms in total. The molecule has 0 unspecified atom stereocenters. The zero-order valence-electron chi connectivity index (χ0n) is 29.0. The van der Waals surface area contributed by atoms with Crippen molar-refractivity contribution in [2.75, 3.05) is 37.8 Å². The lowest BCUT2D eigenvalue weighted by atomic mass is 9.88. The van der Waals surface area contributed by atoms with Gasteiger partial charge in [-0.15, -0.1) is 0 Å². The van der Waals surface area contributed by atoms with E-state index in [1.807, 2.05) is 16.8 Å². The van der Waals surface area contributed by atoms with Gasteiger partial charge in [-0.1, -0.05) is 32.6 Å². The van der Waals surface area contributed by atoms with Gasteiger partial charge in [-0.05, 0) is 92.2 Å². The molecule has 1 aliphatic heterocycles. The number of aryl methyl sites for hydroxylation is 1. The Hall–Kier alpha value is -3.01. The SMILES string of the molecule is CCCCCCCC[N+](C)(C)CCCCCC[n+]1cccc2c1NC(=O)C(C)(C)NC(=O)C(C)(C)C(=O)NC(C)(C)C(=O)N2. The third kappa shape index (κ3) is 10.9. The first-order valence-corrected chi connectivity index (χ1v) is 16.6. The molecule has 4 amide bonds. The minimum absolute atomic E-state index is 0.419. The molecule has 0 saturated carbocycles. The van der Waals surface area contributed by atoms with Gasteiger partial charge in [0.25, 0.3) is 0 Å². The fraction of sp³-hybridized carbons (Fsp3) is 0.735. The van der Waals surface area contributed by atoms with E-state index in [9.17, 15) is 19.2 Å². The summed E-state index contributed by atoms with van der Waals surface area (Å²) < 4.78 is 2.99. The molecule has 10 heteroatoms. The summed E-state index contributed by atoms with van der Waals surface area (Å²) in [5.74, 6) is -1.71. The number of fused-ring (bicyclic) bond motifs is 1. The maximum atomic E-state index is 13.5. The number of aromatic nitrogens is 1. The highest BCUT2D eigenvalue weighted by molar-refractivity contribution is 6.10. The first kappa shape index (κ1) is 37.2. The first-order valence-electron chi connectivity index (χ1n) is 16.6. The van der Waals surface area contributed by atoms with Gasteiger partial charge in [0.05, 0.1) is 39.9 Å². The second-order valence-electron chi connectivity index (χ2n) is 14.7. The Morgan fingerprint density at radius 2 is 1.14 bits per heavy atom. The summed E-state index contributed by atoms with van der Waals surface area (Å²) in [4.78, 5) is 53.1. The van der Waals surface area contributed by atoms with E-state index in [1.165, 1.54) is 58.9 Å². The quantitative estimate of drug-likeness (QED) is 0.105. The van der Waals surface area contributed by atoms with Crippen molar-refractivity contribution >= 4 is 35.1 Å². The molecule has 248 valence electrons. The topological polar surface area (TPSA) is 120 Å². The van der Waals surface area contributed by atoms with Gasteiger partial charge in [0.15, 0.2) is 0 Å². The van der Waals surface area contributed by atoms with Crippen molar-refractivity contribution in [3.8, 4) is 0 Å². The highest BCUT2D eigenvalue weighted by Crippen LogP contribution is 2.24. The van der Waals surface area contributed by atoms with Gasteiger partial charge >= 0.3 is 11.7 Å². The Morgan fingerprint density at radius 3 is 1.68 bits per heavy atom. The van der Waals surface area contributed by atoms with Gasteiger partial charge in [-0.3, -0.25) is 14.4 Å². The van der Waals surface area contributed by atoms with Gasteiger partial charge in [-0.25, -0.2) is 14.7 Å². The highest BCUT2D eigenvalue weighted by Gasteiger charge is 2.45. The van der Waals surface area contributed by atoms with Crippen LogP contribution in [0.5, 0.6) is 0 Å². The summed E-state index contributed by atoms with van der Waals surface area (Å²) >= 11 is 0. The lowest BCUT2D eigenvalue weighted by molar-refractivity contribution is -0.890. The fourth-order valence-corrected chi connectivity index (χ4v) is 5.22. The van der Waals surface area contributed by atoms with E-state index in [-0.39, 0.29) is 0 Å². The van der Waals surface area contributed by atoms with Crippen molar-refractivity contribution in [2.24, 2.45) is 5.41 Å². The fourth-order valence-electron chi connectivity index (χ4n) is 5.22. The van der Waals surface area contributed by atoms with E-state index in [4.69, 9.17) is 0 Å². The normalized spacial score (nSPS) is 18.5. The van der Waals surface area contributed by atoms with Crippen LogP contribution in [0.3, 0.4) is 0 Å². The summed E-state index contributed by atoms with van der Waals surface area (Å²) in [7, 11) is 4.66. The van der Waals surface area contributed by atoms with Crippen LogP contribution in [0, 0.1) is 5.41 Å². The summed E-state index contributed by atoms with van der Waals surface area (Å²) in [6, 6.07) is 3.55. The highest BCUT2D eigenvalue weighted by atomic mass is 16.2. The Balaban J connectivity index is 2.11. The van der Waals surface area contributed by atoms with Crippen molar-refractivity contribution < 1.29 is 28.2 Å². The molecule has 0 radical (unpaired) electrons. The van der Waals surface area contributed by atoms with Crippen molar-refractivity contribution in [1.29, 1.82) is 0 Å². The molecule has 2 heterocycles. The second-order valence-corrected chi connectivity index (χ2v) is 14.7. The molecule has 0 spiro atoms. The number of anilines is 2. The van der Waals surface area contributed by atoms with Crippen LogP contribution in [-0.4, -0.2) is 66.4 Å². The molecule has 4 N–H and O–H groups in total. The molecule has 0 aliphatic carbocycles. The molecule has 44 heavy (non-hydrogen) atoms. The third-order valence-corrected chi connectivity index (χ3v) is 8.70. The molecule has 1 aromatic heterocycles. The molecule has 2 rings (SSSR count). The standard InChI is InChI=1S/C34H58N6O4/c1-10-11-12-13-15-18-24-40(8,9)25-19-16-14-17-22-39-23-20-21-26-27(39)36-31(44)34(6,7)38-29(42)32(2,3)28(41)37-33(4,5)30(43)35-26/h20-21,23H,10-19,22,24-25H2,1-9H3,(H2-,35,37,38,41,42,43)/p+2. The van der Waals surface area contributed by atoms with Crippen LogP contribution in [0.2, 0.25) is 0 Å². The van der Waals surface area contributed by atoms with Crippen LogP contribution < -0.4 is 25.8 Å². The predicted molar refractivity (Wildman–Crippen MR) is 176 cm³/mol. The predicted octanol–water partition coefficient (Wildman–Crippen LogP) is 4.68. The van der Waals surface area contributed by atoms with Crippen molar-refractivity contribution in [1.82, 2.24) is 10.6 Å². The molecule has 0 atom stereocenters. The van der Waals surface area contributed by atoms with Crippen molar-refractivity contribution in [2.45, 2.75) is 130 Å². The smallest absolute Gasteiger partial charge is 0.332 e. The molecule has 1 aromatic rings. The Kier molecular flexibility index (Phi) is 13.4. The molecular formula is C34H60N6O4+2. The Labute approximate surface area is 265 Å². The molecule has 0 bridgehead atoms. The van der Waals surface area contributed by atoms with Crippen LogP contribution in [0.4, 0.5) is 11.5 Å². The lowest BCUT2D eigenvalue weighted by Crippen LogP contribution is -2.61. The number of rotatable bonds is 14. The zero-order valence-corrected chi connectivity index (χ0v) is 29.0. The van der Waals surface area contributed by atoms with Gasteiger partial charge in [0.2, 0.25) is 17.7 Å². The number of hydrogen-bond donors (Lipinski definition) is 4. The summed E-state index contributed by atoms with van der Waals surface area (Å²) in [5, 5.41) is 11.3. The second kappa shape index (κ2) is 15.8. The number of nitrogens with one attached hydrogen (secondary N) is 4. The number of carbonyl (C=O) groups is 4. The van der Waals surface area contributed by atoms with Crippen molar-refractivity contribution in [3.63, 3.8) is 0 Å². The van der Waals surface area contributed by atoms with Crippen molar-refractivity contribution in [3.05, 3.63) is 18.3 Å². The summed E-state index contributed by atoms with van der Waals surface area (Å²) in [6.07, 6.45) is 14.1. The van der Waals surface area contributed by atoms with E-state index in [0.29, 0.717) is 18.1 Å². The maximum Gasteiger partial charge on any atom is 0.332 e. The lowest BCUT2D eigenvalue weighted by Gasteiger charge is -2.32. The van der Waals surface area contributed by atoms with E-state index >= 15 is 0 Å². The molecule has 0 fully saturated rings. The number of quaternary nitrogens is 1. The van der Waals surface area contributed by atoms with E-state index < -0.39 is 40.1 Å². The van der Waals surface area contributed by atoms with Crippen LogP contribution in [0.1, 0.15) is 113 Å². The minimum Gasteiger partial charge on any atom is -0.341 e. The van der Waals surface area contributed by atoms with Gasteiger partial charge in [0, 0.05) is 0 Å². The van der Waals surface area contributed by atoms with E-state index in [0.717, 1.165) is 36.7 Å². The number of nitrogens with zero attached hydrogens (tertiary/aromatic N) is 2. The molecule has 1 aliphatic rings. The summed E-state index contributed by atoms with van der Waals surface area (Å²) in [5.41, 5.74) is -3.74. The first-order chi connectivity index (χ1) is 20.4. The molecule has 0 aromatic carbocycles. The maximum absolute atomic E-state index is 13.5. The average Bonchev–Trinajstić information content (AvgIpc) is 2.92. The minimum atomic E-state index is -1.52. The number of hydrogen-bond acceptors (Lipinski definition) is 4. The largest absolute Gasteiger partial charge is 0.341 e. The van der Waals surface area contributed by atoms with Crippen LogP contribution in [0.25, 0.3) is 0 Å². The average molecular weight is 617 g/mol. The summed E-state index contributed by atoms with van der Waals surface area (Å²) in [6.45, 7) is 14.6. The van der Waals surface area contributed by atoms with Gasteiger partial charge in [-0.2, -0.15) is 0 Å². The zero-order chi connectivity index (χ0) is 33.2. The monoisotopic (exact) mass is 616 g/mol. The number of unbranched alkanes of at least 4 members (excludes halogenated alkanes) is 8. The van der Waals surface area contributed by atoms with E-state index in [2.05, 4.69) is 42.3 Å². The van der Waals surface area contributed by atoms with Gasteiger partial charge < -0.3 is 20.4 Å².